The molecule has 2 amide bonds. The number of piperidine rings is 1. The number of benzene rings is 1. The summed E-state index contributed by atoms with van der Waals surface area (Å²) in [5.74, 6) is -6.87. The Morgan fingerprint density at radius 3 is 2.76 bits per heavy atom. The van der Waals surface area contributed by atoms with E-state index in [1.165, 1.54) is 24.2 Å². The lowest BCUT2D eigenvalue weighted by molar-refractivity contribution is -0.160. The van der Waals surface area contributed by atoms with Crippen LogP contribution in [-0.2, 0) is 22.3 Å². The van der Waals surface area contributed by atoms with E-state index >= 15 is 0 Å². The highest BCUT2D eigenvalue weighted by molar-refractivity contribution is 6.23. The van der Waals surface area contributed by atoms with Crippen LogP contribution in [0, 0.1) is 18.6 Å². The molecule has 2 aromatic heterocycles. The monoisotopic (exact) mass is 524 g/mol. The molecule has 196 valence electrons. The van der Waals surface area contributed by atoms with E-state index in [0.29, 0.717) is 24.6 Å². The minimum atomic E-state index is -4.92. The molecule has 0 aliphatic carbocycles. The normalized spacial score (nSPS) is 19.0. The largest absolute Gasteiger partial charge is 0.510 e. The first-order valence-electron chi connectivity index (χ1n) is 11.4. The molecule has 37 heavy (non-hydrogen) atoms. The summed E-state index contributed by atoms with van der Waals surface area (Å²) in [6, 6.07) is 2.62. The SMILES string of the molecule is Cc1cc(NC(=O)C2=C(O)C3CCCCN3N(Cc3c(F)c(F)cc4cc[nH]c34)C2=O)c(C(F)(F)F)o1. The maximum atomic E-state index is 14.9. The molecule has 5 rings (SSSR count). The second-order valence-electron chi connectivity index (χ2n) is 8.94. The number of carbonyl (C=O) groups is 2. The van der Waals surface area contributed by atoms with E-state index in [2.05, 4.69) is 9.40 Å². The van der Waals surface area contributed by atoms with Crippen molar-refractivity contribution in [1.29, 1.82) is 0 Å². The molecule has 0 bridgehead atoms. The van der Waals surface area contributed by atoms with Crippen molar-refractivity contribution < 1.29 is 41.1 Å². The first-order valence-corrected chi connectivity index (χ1v) is 11.4. The molecular formula is C24H21F5N4O4. The van der Waals surface area contributed by atoms with Crippen molar-refractivity contribution in [2.45, 2.75) is 44.9 Å². The number of aliphatic hydroxyl groups excluding tert-OH is 1. The van der Waals surface area contributed by atoms with Crippen molar-refractivity contribution in [3.8, 4) is 0 Å². The molecule has 1 aromatic carbocycles. The average Bonchev–Trinajstić information content (AvgIpc) is 3.44. The molecule has 4 heterocycles. The van der Waals surface area contributed by atoms with E-state index in [-0.39, 0.29) is 23.4 Å². The second-order valence-corrected chi connectivity index (χ2v) is 8.94. The van der Waals surface area contributed by atoms with E-state index < -0.39 is 65.0 Å². The number of hydrazine groups is 1. The number of carbonyl (C=O) groups excluding carboxylic acids is 2. The van der Waals surface area contributed by atoms with Gasteiger partial charge in [-0.05, 0) is 31.9 Å². The van der Waals surface area contributed by atoms with E-state index in [0.717, 1.165) is 17.1 Å². The van der Waals surface area contributed by atoms with Crippen LogP contribution in [0.3, 0.4) is 0 Å². The average molecular weight is 524 g/mol. The van der Waals surface area contributed by atoms with Gasteiger partial charge in [-0.3, -0.25) is 14.6 Å². The Kier molecular flexibility index (Phi) is 5.97. The molecule has 0 spiro atoms. The van der Waals surface area contributed by atoms with Gasteiger partial charge in [0.25, 0.3) is 11.8 Å². The molecule has 1 atom stereocenters. The number of aromatic nitrogens is 1. The van der Waals surface area contributed by atoms with Gasteiger partial charge in [-0.15, -0.1) is 0 Å². The summed E-state index contributed by atoms with van der Waals surface area (Å²) in [6.07, 6.45) is -1.86. The third-order valence-corrected chi connectivity index (χ3v) is 6.54. The number of aliphatic hydroxyl groups is 1. The van der Waals surface area contributed by atoms with E-state index in [4.69, 9.17) is 0 Å². The molecule has 8 nitrogen and oxygen atoms in total. The summed E-state index contributed by atoms with van der Waals surface area (Å²) in [5.41, 5.74) is -1.43. The first-order chi connectivity index (χ1) is 17.5. The zero-order valence-corrected chi connectivity index (χ0v) is 19.4. The molecule has 1 fully saturated rings. The van der Waals surface area contributed by atoms with Crippen LogP contribution in [0.2, 0.25) is 0 Å². The third kappa shape index (κ3) is 4.22. The smallest absolute Gasteiger partial charge is 0.451 e. The Hall–Kier alpha value is -3.87. The van der Waals surface area contributed by atoms with Gasteiger partial charge >= 0.3 is 6.18 Å². The topological polar surface area (TPSA) is 102 Å². The molecule has 0 saturated carbocycles. The molecule has 1 unspecified atom stereocenters. The van der Waals surface area contributed by atoms with E-state index in [1.54, 1.807) is 0 Å². The zero-order chi connectivity index (χ0) is 26.6. The van der Waals surface area contributed by atoms with Gasteiger partial charge in [0, 0.05) is 29.8 Å². The van der Waals surface area contributed by atoms with Gasteiger partial charge in [-0.1, -0.05) is 6.42 Å². The number of nitrogens with one attached hydrogen (secondary N) is 2. The van der Waals surface area contributed by atoms with Crippen molar-refractivity contribution in [2.75, 3.05) is 11.9 Å². The standard InChI is InChI=1S/C24H21F5N4O4/c1-11-8-15(21(37-11)24(27,28)29)31-22(35)17-20(34)16-4-2-3-7-32(16)33(23(17)36)10-13-18(26)14(25)9-12-5-6-30-19(12)13/h5-6,8-9,16,30,34H,2-4,7,10H2,1H3,(H,31,35). The highest BCUT2D eigenvalue weighted by atomic mass is 19.4. The number of furan rings is 1. The molecule has 3 N–H and O–H groups in total. The first kappa shape index (κ1) is 24.8. The number of halogens is 5. The molecule has 2 aliphatic rings. The third-order valence-electron chi connectivity index (χ3n) is 6.54. The van der Waals surface area contributed by atoms with Gasteiger partial charge in [0.05, 0.1) is 23.8 Å². The predicted molar refractivity (Wildman–Crippen MR) is 120 cm³/mol. The Labute approximate surface area is 206 Å². The Morgan fingerprint density at radius 1 is 1.27 bits per heavy atom. The van der Waals surface area contributed by atoms with Crippen LogP contribution in [0.5, 0.6) is 0 Å². The summed E-state index contributed by atoms with van der Waals surface area (Å²) in [5, 5.41) is 15.8. The van der Waals surface area contributed by atoms with Gasteiger partial charge in [-0.25, -0.2) is 13.8 Å². The number of anilines is 1. The molecule has 1 saturated heterocycles. The number of rotatable bonds is 4. The highest BCUT2D eigenvalue weighted by Crippen LogP contribution is 2.38. The summed E-state index contributed by atoms with van der Waals surface area (Å²) in [6.45, 7) is 1.04. The van der Waals surface area contributed by atoms with E-state index in [1.807, 2.05) is 5.32 Å². The Morgan fingerprint density at radius 2 is 2.03 bits per heavy atom. The quantitative estimate of drug-likeness (QED) is 0.332. The van der Waals surface area contributed by atoms with Gasteiger partial charge < -0.3 is 19.8 Å². The number of hydrogen-bond acceptors (Lipinski definition) is 5. The number of hydrogen-bond donors (Lipinski definition) is 3. The van der Waals surface area contributed by atoms with Crippen LogP contribution in [-0.4, -0.2) is 44.5 Å². The second kappa shape index (κ2) is 8.91. The minimum Gasteiger partial charge on any atom is -0.510 e. The lowest BCUT2D eigenvalue weighted by Gasteiger charge is -2.46. The Balaban J connectivity index is 1.54. The molecule has 2 aliphatic heterocycles. The fraction of sp³-hybridized carbons (Fsp3) is 0.333. The summed E-state index contributed by atoms with van der Waals surface area (Å²) >= 11 is 0. The minimum absolute atomic E-state index is 0.132. The summed E-state index contributed by atoms with van der Waals surface area (Å²) in [4.78, 5) is 29.4. The number of aryl methyl sites for hydroxylation is 1. The van der Waals surface area contributed by atoms with Gasteiger partial charge in [0.2, 0.25) is 5.76 Å². The van der Waals surface area contributed by atoms with Crippen LogP contribution in [0.15, 0.2) is 40.1 Å². The number of H-pyrrole nitrogens is 1. The zero-order valence-electron chi connectivity index (χ0n) is 19.4. The van der Waals surface area contributed by atoms with Crippen molar-refractivity contribution in [3.05, 3.63) is 64.4 Å². The van der Waals surface area contributed by atoms with Crippen LogP contribution < -0.4 is 5.32 Å². The van der Waals surface area contributed by atoms with Gasteiger partial charge in [0.1, 0.15) is 17.1 Å². The number of amides is 2. The van der Waals surface area contributed by atoms with Crippen LogP contribution in [0.25, 0.3) is 10.9 Å². The fourth-order valence-corrected chi connectivity index (χ4v) is 4.90. The van der Waals surface area contributed by atoms with Crippen molar-refractivity contribution in [2.24, 2.45) is 0 Å². The molecule has 0 radical (unpaired) electrons. The molecular weight excluding hydrogens is 503 g/mol. The van der Waals surface area contributed by atoms with Crippen molar-refractivity contribution in [3.63, 3.8) is 0 Å². The number of alkyl halides is 3. The number of nitrogens with zero attached hydrogens (tertiary/aromatic N) is 2. The Bertz CT molecular complexity index is 1440. The molecule has 13 heteroatoms. The van der Waals surface area contributed by atoms with E-state index in [9.17, 15) is 36.6 Å². The lowest BCUT2D eigenvalue weighted by Crippen LogP contribution is -2.59. The van der Waals surface area contributed by atoms with Gasteiger partial charge in [0.15, 0.2) is 11.6 Å². The van der Waals surface area contributed by atoms with Crippen molar-refractivity contribution in [1.82, 2.24) is 15.0 Å². The summed E-state index contributed by atoms with van der Waals surface area (Å²) in [7, 11) is 0. The number of fused-ring (bicyclic) bond motifs is 2. The van der Waals surface area contributed by atoms with Gasteiger partial charge in [-0.2, -0.15) is 13.2 Å². The predicted octanol–water partition coefficient (Wildman–Crippen LogP) is 4.93. The summed E-state index contributed by atoms with van der Waals surface area (Å²) < 4.78 is 73.9. The maximum Gasteiger partial charge on any atom is 0.451 e. The lowest BCUT2D eigenvalue weighted by atomic mass is 9.95. The highest BCUT2D eigenvalue weighted by Gasteiger charge is 2.45. The maximum absolute atomic E-state index is 14.9. The van der Waals surface area contributed by atoms with Crippen LogP contribution in [0.1, 0.15) is 36.3 Å². The molecule has 3 aromatic rings. The van der Waals surface area contributed by atoms with Crippen LogP contribution >= 0.6 is 0 Å². The van der Waals surface area contributed by atoms with Crippen LogP contribution in [0.4, 0.5) is 27.6 Å². The number of aromatic amines is 1. The van der Waals surface area contributed by atoms with Crippen molar-refractivity contribution >= 4 is 28.4 Å². The fourth-order valence-electron chi connectivity index (χ4n) is 4.90.